The van der Waals surface area contributed by atoms with Gasteiger partial charge in [0.15, 0.2) is 4.34 Å². The second-order valence-electron chi connectivity index (χ2n) is 4.55. The van der Waals surface area contributed by atoms with Crippen molar-refractivity contribution in [3.05, 3.63) is 18.2 Å². The van der Waals surface area contributed by atoms with Crippen molar-refractivity contribution in [2.24, 2.45) is 0 Å². The Morgan fingerprint density at radius 2 is 2.11 bits per heavy atom. The van der Waals surface area contributed by atoms with Crippen LogP contribution < -0.4 is 0 Å². The van der Waals surface area contributed by atoms with Gasteiger partial charge in [0.05, 0.1) is 15.1 Å². The molecule has 2 heterocycles. The Morgan fingerprint density at radius 3 is 2.84 bits per heavy atom. The van der Waals surface area contributed by atoms with Crippen LogP contribution in [0.25, 0.3) is 10.2 Å². The molecule has 0 spiro atoms. The molecule has 0 radical (unpaired) electrons. The summed E-state index contributed by atoms with van der Waals surface area (Å²) in [4.78, 5) is 5.42. The van der Waals surface area contributed by atoms with E-state index in [9.17, 15) is 4.21 Å². The van der Waals surface area contributed by atoms with Crippen LogP contribution >= 0.6 is 23.1 Å². The van der Waals surface area contributed by atoms with Crippen LogP contribution in [-0.2, 0) is 11.0 Å². The van der Waals surface area contributed by atoms with Gasteiger partial charge < -0.3 is 0 Å². The van der Waals surface area contributed by atoms with Crippen LogP contribution in [-0.4, -0.2) is 32.8 Å². The Labute approximate surface area is 124 Å². The standard InChI is InChI=1S/C13H16N2OS3/c1-17-13-14-11-6-5-10(9-12(11)18-13)19(16)15-7-3-2-4-8-15/h5-6,9H,2-4,7-8H2,1H3. The zero-order valence-corrected chi connectivity index (χ0v) is 13.2. The SMILES string of the molecule is CSc1nc2ccc(S(=O)N3CCCCC3)cc2s1. The van der Waals surface area contributed by atoms with Gasteiger partial charge in [-0.1, -0.05) is 18.2 Å². The number of rotatable bonds is 3. The normalized spacial score (nSPS) is 18.8. The number of benzene rings is 1. The Kier molecular flexibility index (Phi) is 4.21. The van der Waals surface area contributed by atoms with Gasteiger partial charge in [-0.15, -0.1) is 11.3 Å². The summed E-state index contributed by atoms with van der Waals surface area (Å²) in [7, 11) is -1.01. The van der Waals surface area contributed by atoms with E-state index in [2.05, 4.69) is 9.29 Å². The van der Waals surface area contributed by atoms with Gasteiger partial charge in [-0.3, -0.25) is 0 Å². The topological polar surface area (TPSA) is 33.2 Å². The van der Waals surface area contributed by atoms with Crippen LogP contribution in [0.1, 0.15) is 19.3 Å². The second-order valence-corrected chi connectivity index (χ2v) is 8.12. The third kappa shape index (κ3) is 2.86. The minimum Gasteiger partial charge on any atom is -0.237 e. The van der Waals surface area contributed by atoms with Crippen molar-refractivity contribution >= 4 is 44.3 Å². The number of hydrogen-bond donors (Lipinski definition) is 0. The fourth-order valence-electron chi connectivity index (χ4n) is 2.26. The summed E-state index contributed by atoms with van der Waals surface area (Å²) in [6.07, 6.45) is 5.61. The van der Waals surface area contributed by atoms with Gasteiger partial charge >= 0.3 is 0 Å². The average molecular weight is 312 g/mol. The maximum atomic E-state index is 12.5. The van der Waals surface area contributed by atoms with E-state index in [1.165, 1.54) is 6.42 Å². The van der Waals surface area contributed by atoms with Crippen LogP contribution in [0.15, 0.2) is 27.4 Å². The zero-order valence-electron chi connectivity index (χ0n) is 10.8. The highest BCUT2D eigenvalue weighted by molar-refractivity contribution is 8.00. The molecule has 0 bridgehead atoms. The first-order chi connectivity index (χ1) is 9.28. The summed E-state index contributed by atoms with van der Waals surface area (Å²) >= 11 is 3.33. The molecule has 1 fully saturated rings. The monoisotopic (exact) mass is 312 g/mol. The molecule has 0 N–H and O–H groups in total. The molecule has 2 aromatic rings. The lowest BCUT2D eigenvalue weighted by Crippen LogP contribution is -2.31. The number of piperidine rings is 1. The Hall–Kier alpha value is -0.430. The minimum absolute atomic E-state index is 0.908. The Bertz CT molecular complexity index is 605. The lowest BCUT2D eigenvalue weighted by molar-refractivity contribution is 0.365. The first-order valence-corrected chi connectivity index (χ1v) is 9.54. The molecular weight excluding hydrogens is 296 g/mol. The fraction of sp³-hybridized carbons (Fsp3) is 0.462. The number of nitrogens with zero attached hydrogens (tertiary/aromatic N) is 2. The second kappa shape index (κ2) is 5.91. The van der Waals surface area contributed by atoms with Crippen LogP contribution in [0.4, 0.5) is 0 Å². The molecule has 102 valence electrons. The van der Waals surface area contributed by atoms with Gasteiger partial charge in [-0.05, 0) is 37.3 Å². The number of thiazole rings is 1. The van der Waals surface area contributed by atoms with Gasteiger partial charge in [0.25, 0.3) is 0 Å². The molecule has 1 aromatic heterocycles. The molecule has 3 rings (SSSR count). The van der Waals surface area contributed by atoms with Crippen molar-refractivity contribution in [1.29, 1.82) is 0 Å². The summed E-state index contributed by atoms with van der Waals surface area (Å²) in [5.74, 6) is 0. The van der Waals surface area contributed by atoms with E-state index >= 15 is 0 Å². The van der Waals surface area contributed by atoms with E-state index in [0.717, 1.165) is 45.4 Å². The highest BCUT2D eigenvalue weighted by Crippen LogP contribution is 2.30. The van der Waals surface area contributed by atoms with E-state index in [1.54, 1.807) is 23.1 Å². The molecule has 0 amide bonds. The molecule has 1 aromatic carbocycles. The molecule has 19 heavy (non-hydrogen) atoms. The van der Waals surface area contributed by atoms with Gasteiger partial charge in [0.1, 0.15) is 11.0 Å². The quantitative estimate of drug-likeness (QED) is 0.813. The Morgan fingerprint density at radius 1 is 1.32 bits per heavy atom. The predicted octanol–water partition coefficient (Wildman–Crippen LogP) is 3.53. The molecule has 1 aliphatic heterocycles. The fourth-order valence-corrected chi connectivity index (χ4v) is 5.15. The van der Waals surface area contributed by atoms with Crippen LogP contribution in [0.5, 0.6) is 0 Å². The van der Waals surface area contributed by atoms with Crippen molar-refractivity contribution in [2.45, 2.75) is 28.5 Å². The van der Waals surface area contributed by atoms with E-state index in [0.29, 0.717) is 0 Å². The van der Waals surface area contributed by atoms with E-state index in [4.69, 9.17) is 0 Å². The number of aromatic nitrogens is 1. The predicted molar refractivity (Wildman–Crippen MR) is 83.2 cm³/mol. The summed E-state index contributed by atoms with van der Waals surface area (Å²) < 4.78 is 16.8. The van der Waals surface area contributed by atoms with Gasteiger partial charge in [0, 0.05) is 13.1 Å². The third-order valence-electron chi connectivity index (χ3n) is 3.27. The molecule has 1 unspecified atom stereocenters. The van der Waals surface area contributed by atoms with Crippen LogP contribution in [0.2, 0.25) is 0 Å². The molecule has 0 aliphatic carbocycles. The molecule has 0 saturated carbocycles. The minimum atomic E-state index is -1.01. The van der Waals surface area contributed by atoms with Crippen molar-refractivity contribution < 1.29 is 4.21 Å². The van der Waals surface area contributed by atoms with Gasteiger partial charge in [-0.25, -0.2) is 13.5 Å². The maximum absolute atomic E-state index is 12.5. The first-order valence-electron chi connectivity index (χ1n) is 6.39. The highest BCUT2D eigenvalue weighted by Gasteiger charge is 2.18. The van der Waals surface area contributed by atoms with Gasteiger partial charge in [-0.2, -0.15) is 0 Å². The number of fused-ring (bicyclic) bond motifs is 1. The summed E-state index contributed by atoms with van der Waals surface area (Å²) in [6, 6.07) is 5.98. The molecule has 3 nitrogen and oxygen atoms in total. The van der Waals surface area contributed by atoms with E-state index in [1.807, 2.05) is 24.5 Å². The van der Waals surface area contributed by atoms with E-state index < -0.39 is 11.0 Å². The number of hydrogen-bond acceptors (Lipinski definition) is 4. The molecule has 6 heteroatoms. The largest absolute Gasteiger partial charge is 0.237 e. The molecular formula is C13H16N2OS3. The summed E-state index contributed by atoms with van der Waals surface area (Å²) in [6.45, 7) is 1.90. The van der Waals surface area contributed by atoms with Crippen molar-refractivity contribution in [3.8, 4) is 0 Å². The van der Waals surface area contributed by atoms with Crippen LogP contribution in [0.3, 0.4) is 0 Å². The Balaban J connectivity index is 1.89. The number of thioether (sulfide) groups is 1. The lowest BCUT2D eigenvalue weighted by Gasteiger charge is -2.24. The van der Waals surface area contributed by atoms with E-state index in [-0.39, 0.29) is 0 Å². The molecule has 1 atom stereocenters. The maximum Gasteiger partial charge on any atom is 0.150 e. The third-order valence-corrected chi connectivity index (χ3v) is 6.76. The van der Waals surface area contributed by atoms with Crippen molar-refractivity contribution in [1.82, 2.24) is 9.29 Å². The molecule has 1 saturated heterocycles. The summed E-state index contributed by atoms with van der Waals surface area (Å²) in [5.41, 5.74) is 1.01. The highest BCUT2D eigenvalue weighted by atomic mass is 32.2. The molecule has 1 aliphatic rings. The van der Waals surface area contributed by atoms with Gasteiger partial charge in [0.2, 0.25) is 0 Å². The van der Waals surface area contributed by atoms with Crippen molar-refractivity contribution in [2.75, 3.05) is 19.3 Å². The summed E-state index contributed by atoms with van der Waals surface area (Å²) in [5, 5.41) is 0. The zero-order chi connectivity index (χ0) is 13.2. The first kappa shape index (κ1) is 13.5. The lowest BCUT2D eigenvalue weighted by atomic mass is 10.2. The van der Waals surface area contributed by atoms with Crippen LogP contribution in [0, 0.1) is 0 Å². The smallest absolute Gasteiger partial charge is 0.150 e. The van der Waals surface area contributed by atoms with Crippen molar-refractivity contribution in [3.63, 3.8) is 0 Å². The average Bonchev–Trinajstić information content (AvgIpc) is 2.89.